The Kier molecular flexibility index (Phi) is 5.66. The van der Waals surface area contributed by atoms with Crippen LogP contribution in [0.25, 0.3) is 0 Å². The Labute approximate surface area is 160 Å². The van der Waals surface area contributed by atoms with Crippen LogP contribution in [0.3, 0.4) is 0 Å². The van der Waals surface area contributed by atoms with E-state index in [9.17, 15) is 18.0 Å². The Morgan fingerprint density at radius 1 is 1.36 bits per heavy atom. The maximum absolute atomic E-state index is 13.0. The lowest BCUT2D eigenvalue weighted by atomic mass is 10.0. The van der Waals surface area contributed by atoms with Gasteiger partial charge in [0.2, 0.25) is 0 Å². The Balaban J connectivity index is 1.81. The Morgan fingerprint density at radius 3 is 2.79 bits per heavy atom. The fourth-order valence-corrected chi connectivity index (χ4v) is 3.11. The first-order valence-corrected chi connectivity index (χ1v) is 8.63. The molecule has 0 saturated carbocycles. The monoisotopic (exact) mass is 391 g/mol. The predicted molar refractivity (Wildman–Crippen MR) is 100 cm³/mol. The molecular weight excluding hydrogens is 371 g/mol. The Morgan fingerprint density at radius 2 is 2.14 bits per heavy atom. The largest absolute Gasteiger partial charge is 0.416 e. The topological polar surface area (TPSA) is 85.4 Å². The smallest absolute Gasteiger partial charge is 0.339 e. The number of nitrogens with two attached hydrogens (primary N) is 1. The van der Waals surface area contributed by atoms with Crippen LogP contribution in [0.1, 0.15) is 12.0 Å². The number of ketones is 1. The van der Waals surface area contributed by atoms with Crippen LogP contribution in [0.15, 0.2) is 60.8 Å². The number of nitrogens with one attached hydrogen (secondary N) is 2. The molecule has 3 rings (SSSR count). The van der Waals surface area contributed by atoms with Crippen molar-refractivity contribution in [2.45, 2.75) is 30.8 Å². The van der Waals surface area contributed by atoms with Crippen LogP contribution in [0.5, 0.6) is 0 Å². The van der Waals surface area contributed by atoms with Crippen LogP contribution in [-0.2, 0) is 11.0 Å². The molecule has 2 aliphatic rings. The zero-order valence-electron chi connectivity index (χ0n) is 14.8. The highest BCUT2D eigenvalue weighted by Gasteiger charge is 2.35. The highest BCUT2D eigenvalue weighted by atomic mass is 19.4. The Hall–Kier alpha value is -2.91. The molecule has 4 N–H and O–H groups in total. The van der Waals surface area contributed by atoms with Gasteiger partial charge < -0.3 is 10.6 Å². The van der Waals surface area contributed by atoms with Gasteiger partial charge in [-0.2, -0.15) is 13.2 Å². The van der Waals surface area contributed by atoms with Gasteiger partial charge in [0.1, 0.15) is 12.2 Å². The van der Waals surface area contributed by atoms with E-state index in [4.69, 9.17) is 11.1 Å². The summed E-state index contributed by atoms with van der Waals surface area (Å²) in [7, 11) is 0. The van der Waals surface area contributed by atoms with Crippen LogP contribution in [0.4, 0.5) is 18.9 Å². The molecule has 1 aromatic rings. The Bertz CT molecular complexity index is 833. The van der Waals surface area contributed by atoms with Crippen molar-refractivity contribution >= 4 is 17.8 Å². The molecule has 1 aliphatic carbocycles. The van der Waals surface area contributed by atoms with Crippen molar-refractivity contribution < 1.29 is 18.0 Å². The molecule has 0 fully saturated rings. The maximum Gasteiger partial charge on any atom is 0.416 e. The summed E-state index contributed by atoms with van der Waals surface area (Å²) in [6, 6.07) is 3.64. The first-order chi connectivity index (χ1) is 13.3. The minimum atomic E-state index is -4.47. The third-order valence-corrected chi connectivity index (χ3v) is 4.60. The zero-order chi connectivity index (χ0) is 20.3. The maximum atomic E-state index is 13.0. The van der Waals surface area contributed by atoms with Crippen LogP contribution < -0.4 is 16.2 Å². The van der Waals surface area contributed by atoms with Crippen molar-refractivity contribution in [1.82, 2.24) is 10.3 Å². The van der Waals surface area contributed by atoms with Crippen LogP contribution >= 0.6 is 0 Å². The van der Waals surface area contributed by atoms with E-state index >= 15 is 0 Å². The van der Waals surface area contributed by atoms with E-state index in [1.807, 2.05) is 24.3 Å². The van der Waals surface area contributed by atoms with Gasteiger partial charge in [-0.25, -0.2) is 5.43 Å². The van der Waals surface area contributed by atoms with E-state index < -0.39 is 23.9 Å². The third-order valence-electron chi connectivity index (χ3n) is 4.60. The fraction of sp³-hybridized carbons (Fsp3) is 0.263. The van der Waals surface area contributed by atoms with Gasteiger partial charge >= 0.3 is 6.18 Å². The molecule has 0 radical (unpaired) electrons. The molecule has 1 aromatic carbocycles. The number of rotatable bonds is 5. The molecular formula is C19H20F3N5O. The van der Waals surface area contributed by atoms with Gasteiger partial charge in [-0.3, -0.25) is 15.2 Å². The standard InChI is InChI=1S/C19H20F3N5O/c20-19(21,22)13-5-4-8-15(11-13)27-10-9-16(28)17(25-27)18(24)26(12-23)14-6-2-1-3-7-14/h1-6,8-12,14,17-18,23,25H,7,24H2. The third kappa shape index (κ3) is 4.15. The lowest BCUT2D eigenvalue weighted by molar-refractivity contribution is -0.137. The van der Waals surface area contributed by atoms with Crippen molar-refractivity contribution in [2.24, 2.45) is 5.73 Å². The molecule has 0 bridgehead atoms. The number of nitrogens with zero attached hydrogens (tertiary/aromatic N) is 2. The van der Waals surface area contributed by atoms with E-state index in [2.05, 4.69) is 5.43 Å². The normalized spacial score (nSPS) is 23.0. The predicted octanol–water partition coefficient (Wildman–Crippen LogP) is 2.56. The molecule has 3 atom stereocenters. The summed E-state index contributed by atoms with van der Waals surface area (Å²) in [6.07, 6.45) is 6.49. The summed E-state index contributed by atoms with van der Waals surface area (Å²) in [5, 5.41) is 9.02. The molecule has 1 aliphatic heterocycles. The fourth-order valence-electron chi connectivity index (χ4n) is 3.11. The average molecular weight is 391 g/mol. The number of allylic oxidation sites excluding steroid dienone is 2. The highest BCUT2D eigenvalue weighted by Crippen LogP contribution is 2.31. The van der Waals surface area contributed by atoms with Crippen LogP contribution in [0, 0.1) is 5.41 Å². The summed E-state index contributed by atoms with van der Waals surface area (Å²) >= 11 is 0. The van der Waals surface area contributed by atoms with Gasteiger partial charge in [0.15, 0.2) is 5.78 Å². The number of hydrogen-bond donors (Lipinski definition) is 3. The molecule has 0 aromatic heterocycles. The van der Waals surface area contributed by atoms with Crippen molar-refractivity contribution in [1.29, 1.82) is 5.41 Å². The van der Waals surface area contributed by atoms with Crippen molar-refractivity contribution in [3.05, 3.63) is 66.4 Å². The lowest BCUT2D eigenvalue weighted by Gasteiger charge is -2.40. The van der Waals surface area contributed by atoms with E-state index in [1.54, 1.807) is 4.90 Å². The van der Waals surface area contributed by atoms with E-state index in [1.165, 1.54) is 29.4 Å². The lowest BCUT2D eigenvalue weighted by Crippen LogP contribution is -2.64. The minimum absolute atomic E-state index is 0.181. The summed E-state index contributed by atoms with van der Waals surface area (Å²) in [5.41, 5.74) is 8.55. The number of anilines is 1. The number of benzene rings is 1. The summed E-state index contributed by atoms with van der Waals surface area (Å²) in [4.78, 5) is 13.9. The molecule has 6 nitrogen and oxygen atoms in total. The van der Waals surface area contributed by atoms with Gasteiger partial charge in [-0.15, -0.1) is 0 Å². The van der Waals surface area contributed by atoms with Crippen molar-refractivity contribution in [3.63, 3.8) is 0 Å². The molecule has 0 saturated heterocycles. The minimum Gasteiger partial charge on any atom is -0.339 e. The summed E-state index contributed by atoms with van der Waals surface area (Å²) in [5.74, 6) is -0.321. The first kappa shape index (κ1) is 19.8. The van der Waals surface area contributed by atoms with Gasteiger partial charge in [-0.1, -0.05) is 30.4 Å². The molecule has 1 heterocycles. The first-order valence-electron chi connectivity index (χ1n) is 8.63. The second-order valence-electron chi connectivity index (χ2n) is 6.43. The van der Waals surface area contributed by atoms with Gasteiger partial charge in [0, 0.05) is 12.3 Å². The number of carbonyl (C=O) groups is 1. The second kappa shape index (κ2) is 7.99. The van der Waals surface area contributed by atoms with Crippen LogP contribution in [0.2, 0.25) is 0 Å². The molecule has 148 valence electrons. The zero-order valence-corrected chi connectivity index (χ0v) is 14.8. The summed E-state index contributed by atoms with van der Waals surface area (Å²) in [6.45, 7) is 0. The van der Waals surface area contributed by atoms with Gasteiger partial charge in [0.25, 0.3) is 0 Å². The SMILES string of the molecule is N=CN(C1C=CC=CC1)C(N)C1NN(c2cccc(C(F)(F)F)c2)C=CC1=O. The number of halogens is 3. The number of hydrazine groups is 1. The average Bonchev–Trinajstić information content (AvgIpc) is 2.69. The molecule has 0 spiro atoms. The highest BCUT2D eigenvalue weighted by molar-refractivity contribution is 5.96. The number of alkyl halides is 3. The van der Waals surface area contributed by atoms with Crippen LogP contribution in [-0.4, -0.2) is 35.3 Å². The molecule has 28 heavy (non-hydrogen) atoms. The second-order valence-corrected chi connectivity index (χ2v) is 6.43. The molecule has 0 amide bonds. The van der Waals surface area contributed by atoms with Gasteiger partial charge in [0.05, 0.1) is 23.6 Å². The van der Waals surface area contributed by atoms with Gasteiger partial charge in [-0.05, 0) is 24.6 Å². The molecule has 9 heteroatoms. The van der Waals surface area contributed by atoms with E-state index in [0.717, 1.165) is 18.5 Å². The van der Waals surface area contributed by atoms with Crippen molar-refractivity contribution in [3.8, 4) is 0 Å². The van der Waals surface area contributed by atoms with E-state index in [0.29, 0.717) is 6.42 Å². The quantitative estimate of drug-likeness (QED) is 0.408. The summed E-state index contributed by atoms with van der Waals surface area (Å²) < 4.78 is 39.0. The number of carbonyl (C=O) groups excluding carboxylic acids is 1. The number of hydrogen-bond acceptors (Lipinski definition) is 5. The van der Waals surface area contributed by atoms with E-state index in [-0.39, 0.29) is 17.5 Å². The molecule has 3 unspecified atom stereocenters. The van der Waals surface area contributed by atoms with Crippen molar-refractivity contribution in [2.75, 3.05) is 5.01 Å².